The molecule has 0 aliphatic rings. The fourth-order valence-electron chi connectivity index (χ4n) is 1.20. The molecule has 1 atom stereocenters. The Bertz CT molecular complexity index is 366. The molecule has 0 spiro atoms. The first kappa shape index (κ1) is 12.3. The number of hydrogen-bond donors (Lipinski definition) is 1. The molecule has 0 aliphatic carbocycles. The Kier molecular flexibility index (Phi) is 4.42. The van der Waals surface area contributed by atoms with Crippen LogP contribution in [0.3, 0.4) is 0 Å². The van der Waals surface area contributed by atoms with Crippen molar-refractivity contribution in [2.45, 2.75) is 25.8 Å². The summed E-state index contributed by atoms with van der Waals surface area (Å²) < 4.78 is 14.0. The molecule has 0 heterocycles. The molecule has 0 radical (unpaired) electrons. The molecule has 2 nitrogen and oxygen atoms in total. The number of nitrogens with two attached hydrogens (primary N) is 1. The number of hydrogen-bond acceptors (Lipinski definition) is 2. The summed E-state index contributed by atoms with van der Waals surface area (Å²) in [6.07, 6.45) is 0.857. The van der Waals surface area contributed by atoms with Gasteiger partial charge in [0.1, 0.15) is 5.82 Å². The molecule has 1 aromatic rings. The normalized spacial score (nSPS) is 12.5. The summed E-state index contributed by atoms with van der Waals surface area (Å²) in [6.45, 7) is 1.82. The molecule has 1 unspecified atom stereocenters. The van der Waals surface area contributed by atoms with Gasteiger partial charge in [0.05, 0.1) is 5.56 Å². The van der Waals surface area contributed by atoms with Gasteiger partial charge >= 0.3 is 0 Å². The molecule has 0 fully saturated rings. The third-order valence-electron chi connectivity index (χ3n) is 2.06. The summed E-state index contributed by atoms with van der Waals surface area (Å²) >= 11 is 3.20. The predicted octanol–water partition coefficient (Wildman–Crippen LogP) is 2.90. The van der Waals surface area contributed by atoms with Gasteiger partial charge in [-0.1, -0.05) is 15.9 Å². The van der Waals surface area contributed by atoms with Crippen molar-refractivity contribution in [3.63, 3.8) is 0 Å². The van der Waals surface area contributed by atoms with E-state index < -0.39 is 5.82 Å². The molecule has 82 valence electrons. The summed E-state index contributed by atoms with van der Waals surface area (Å²) in [5.74, 6) is -0.682. The summed E-state index contributed by atoms with van der Waals surface area (Å²) in [6, 6.07) is 4.31. The standard InChI is InChI=1S/C11H13BrFNO/c1-7(14)2-5-11(15)9-6-8(12)3-4-10(9)13/h3-4,6-7H,2,5,14H2,1H3. The number of Topliss-reactive ketones (excluding diaryl/α,β-unsaturated/α-hetero) is 1. The maximum atomic E-state index is 13.3. The molecular weight excluding hydrogens is 261 g/mol. The van der Waals surface area contributed by atoms with Crippen LogP contribution in [0, 0.1) is 5.82 Å². The minimum Gasteiger partial charge on any atom is -0.328 e. The van der Waals surface area contributed by atoms with Gasteiger partial charge < -0.3 is 5.73 Å². The minimum absolute atomic E-state index is 0.0378. The van der Waals surface area contributed by atoms with Crippen LogP contribution in [0.2, 0.25) is 0 Å². The van der Waals surface area contributed by atoms with E-state index in [9.17, 15) is 9.18 Å². The first-order valence-electron chi connectivity index (χ1n) is 4.74. The number of ketones is 1. The van der Waals surface area contributed by atoms with Gasteiger partial charge in [0.15, 0.2) is 5.78 Å². The highest BCUT2D eigenvalue weighted by Gasteiger charge is 2.12. The van der Waals surface area contributed by atoms with Crippen molar-refractivity contribution in [2.75, 3.05) is 0 Å². The molecule has 0 saturated heterocycles. The summed E-state index contributed by atoms with van der Waals surface area (Å²) in [4.78, 5) is 11.6. The number of carbonyl (C=O) groups excluding carboxylic acids is 1. The number of benzene rings is 1. The van der Waals surface area contributed by atoms with Crippen molar-refractivity contribution in [1.82, 2.24) is 0 Å². The Morgan fingerprint density at radius 3 is 2.87 bits per heavy atom. The van der Waals surface area contributed by atoms with E-state index in [-0.39, 0.29) is 23.8 Å². The molecule has 0 bridgehead atoms. The van der Waals surface area contributed by atoms with Gasteiger partial charge in [-0.3, -0.25) is 4.79 Å². The fourth-order valence-corrected chi connectivity index (χ4v) is 1.57. The van der Waals surface area contributed by atoms with Crippen LogP contribution in [0.5, 0.6) is 0 Å². The molecule has 4 heteroatoms. The van der Waals surface area contributed by atoms with E-state index in [1.54, 1.807) is 6.07 Å². The van der Waals surface area contributed by atoms with E-state index >= 15 is 0 Å². The van der Waals surface area contributed by atoms with Crippen molar-refractivity contribution < 1.29 is 9.18 Å². The van der Waals surface area contributed by atoms with Crippen LogP contribution in [0.25, 0.3) is 0 Å². The topological polar surface area (TPSA) is 43.1 Å². The van der Waals surface area contributed by atoms with Gasteiger partial charge in [-0.2, -0.15) is 0 Å². The smallest absolute Gasteiger partial charge is 0.165 e. The van der Waals surface area contributed by atoms with Crippen molar-refractivity contribution in [1.29, 1.82) is 0 Å². The van der Waals surface area contributed by atoms with E-state index in [0.717, 1.165) is 0 Å². The van der Waals surface area contributed by atoms with E-state index in [2.05, 4.69) is 15.9 Å². The lowest BCUT2D eigenvalue weighted by atomic mass is 10.0. The van der Waals surface area contributed by atoms with E-state index in [1.807, 2.05) is 6.92 Å². The van der Waals surface area contributed by atoms with Gasteiger partial charge in [-0.15, -0.1) is 0 Å². The molecule has 0 saturated carbocycles. The maximum absolute atomic E-state index is 13.3. The van der Waals surface area contributed by atoms with E-state index in [0.29, 0.717) is 10.9 Å². The molecule has 0 aromatic heterocycles. The van der Waals surface area contributed by atoms with Crippen molar-refractivity contribution >= 4 is 21.7 Å². The van der Waals surface area contributed by atoms with E-state index in [4.69, 9.17) is 5.73 Å². The number of rotatable bonds is 4. The Hall–Kier alpha value is -0.740. The molecular formula is C11H13BrFNO. The summed E-state index contributed by atoms with van der Waals surface area (Å²) in [7, 11) is 0. The van der Waals surface area contributed by atoms with Crippen LogP contribution in [-0.4, -0.2) is 11.8 Å². The monoisotopic (exact) mass is 273 g/mol. The third kappa shape index (κ3) is 3.72. The number of carbonyl (C=O) groups is 1. The van der Waals surface area contributed by atoms with E-state index in [1.165, 1.54) is 12.1 Å². The molecule has 0 amide bonds. The summed E-state index contributed by atoms with van der Waals surface area (Å²) in [5.41, 5.74) is 5.66. The first-order valence-corrected chi connectivity index (χ1v) is 5.54. The molecule has 2 N–H and O–H groups in total. The van der Waals surface area contributed by atoms with Crippen molar-refractivity contribution in [3.05, 3.63) is 34.1 Å². The first-order chi connectivity index (χ1) is 7.00. The maximum Gasteiger partial charge on any atom is 0.165 e. The largest absolute Gasteiger partial charge is 0.328 e. The van der Waals surface area contributed by atoms with Gasteiger partial charge in [-0.05, 0) is 31.5 Å². The van der Waals surface area contributed by atoms with Gasteiger partial charge in [0, 0.05) is 16.9 Å². The van der Waals surface area contributed by atoms with Gasteiger partial charge in [0.25, 0.3) is 0 Å². The zero-order valence-corrected chi connectivity index (χ0v) is 10.1. The predicted molar refractivity (Wildman–Crippen MR) is 61.3 cm³/mol. The quantitative estimate of drug-likeness (QED) is 0.858. The Balaban J connectivity index is 2.77. The minimum atomic E-state index is -0.479. The zero-order chi connectivity index (χ0) is 11.4. The second-order valence-corrected chi connectivity index (χ2v) is 4.48. The molecule has 15 heavy (non-hydrogen) atoms. The average Bonchev–Trinajstić information content (AvgIpc) is 2.18. The second-order valence-electron chi connectivity index (χ2n) is 3.56. The lowest BCUT2D eigenvalue weighted by Crippen LogP contribution is -2.16. The lowest BCUT2D eigenvalue weighted by Gasteiger charge is -2.05. The van der Waals surface area contributed by atoms with Gasteiger partial charge in [-0.25, -0.2) is 4.39 Å². The average molecular weight is 274 g/mol. The Labute approximate surface area is 96.8 Å². The van der Waals surface area contributed by atoms with Crippen LogP contribution < -0.4 is 5.73 Å². The van der Waals surface area contributed by atoms with Gasteiger partial charge in [0.2, 0.25) is 0 Å². The fraction of sp³-hybridized carbons (Fsp3) is 0.364. The van der Waals surface area contributed by atoms with Crippen LogP contribution >= 0.6 is 15.9 Å². The lowest BCUT2D eigenvalue weighted by molar-refractivity contribution is 0.0974. The zero-order valence-electron chi connectivity index (χ0n) is 8.47. The number of halogens is 2. The van der Waals surface area contributed by atoms with Crippen molar-refractivity contribution in [2.24, 2.45) is 5.73 Å². The van der Waals surface area contributed by atoms with Crippen LogP contribution in [-0.2, 0) is 0 Å². The summed E-state index contributed by atoms with van der Waals surface area (Å²) in [5, 5.41) is 0. The Morgan fingerprint density at radius 2 is 2.27 bits per heavy atom. The molecule has 0 aliphatic heterocycles. The second kappa shape index (κ2) is 5.37. The molecule has 1 aromatic carbocycles. The third-order valence-corrected chi connectivity index (χ3v) is 2.55. The van der Waals surface area contributed by atoms with Crippen molar-refractivity contribution in [3.8, 4) is 0 Å². The highest BCUT2D eigenvalue weighted by atomic mass is 79.9. The highest BCUT2D eigenvalue weighted by Crippen LogP contribution is 2.17. The van der Waals surface area contributed by atoms with Crippen LogP contribution in [0.4, 0.5) is 4.39 Å². The highest BCUT2D eigenvalue weighted by molar-refractivity contribution is 9.10. The van der Waals surface area contributed by atoms with Crippen LogP contribution in [0.15, 0.2) is 22.7 Å². The van der Waals surface area contributed by atoms with Crippen LogP contribution in [0.1, 0.15) is 30.1 Å². The Morgan fingerprint density at radius 1 is 1.60 bits per heavy atom. The molecule has 1 rings (SSSR count). The SMILES string of the molecule is CC(N)CCC(=O)c1cc(Br)ccc1F.